The Morgan fingerprint density at radius 2 is 1.35 bits per heavy atom. The molecule has 4 aromatic carbocycles. The van der Waals surface area contributed by atoms with Gasteiger partial charge in [-0.3, -0.25) is 14.4 Å². The van der Waals surface area contributed by atoms with Gasteiger partial charge in [-0.25, -0.2) is 0 Å². The number of hydrogen-bond acceptors (Lipinski definition) is 6. The molecule has 0 heterocycles. The summed E-state index contributed by atoms with van der Waals surface area (Å²) in [5.41, 5.74) is 4.89. The van der Waals surface area contributed by atoms with Crippen molar-refractivity contribution in [3.05, 3.63) is 113 Å². The minimum Gasteiger partial charge on any atom is -0.507 e. The molecule has 2 N–H and O–H groups in total. The number of carbonyl (C=O) groups is 3. The normalized spacial score (nSPS) is 12.2. The number of carbonyl (C=O) groups excluding carboxylic acids is 3. The van der Waals surface area contributed by atoms with Crippen LogP contribution in [-0.2, 0) is 16.1 Å². The van der Waals surface area contributed by atoms with E-state index in [9.17, 15) is 19.5 Å². The van der Waals surface area contributed by atoms with Gasteiger partial charge in [-0.1, -0.05) is 74.5 Å². The minimum absolute atomic E-state index is 0.0180. The number of hydrogen-bond donors (Lipinski definition) is 2. The number of phenols is 1. The highest BCUT2D eigenvalue weighted by atomic mass is 16.5. The second kappa shape index (κ2) is 9.74. The van der Waals surface area contributed by atoms with E-state index in [1.165, 1.54) is 6.07 Å². The van der Waals surface area contributed by atoms with Gasteiger partial charge >= 0.3 is 5.97 Å². The molecule has 0 amide bonds. The maximum atomic E-state index is 13.3. The highest BCUT2D eigenvalue weighted by Crippen LogP contribution is 2.38. The number of benzene rings is 4. The lowest BCUT2D eigenvalue weighted by Gasteiger charge is -2.21. The van der Waals surface area contributed by atoms with E-state index in [2.05, 4.69) is 5.32 Å². The molecule has 0 fully saturated rings. The molecular formula is C31H25NO5. The Balaban J connectivity index is 1.36. The van der Waals surface area contributed by atoms with Crippen LogP contribution in [0.2, 0.25) is 0 Å². The van der Waals surface area contributed by atoms with Gasteiger partial charge in [0.1, 0.15) is 12.4 Å². The lowest BCUT2D eigenvalue weighted by molar-refractivity contribution is -0.148. The summed E-state index contributed by atoms with van der Waals surface area (Å²) in [5, 5.41) is 13.6. The van der Waals surface area contributed by atoms with Crippen LogP contribution >= 0.6 is 0 Å². The molecule has 0 radical (unpaired) electrons. The SMILES string of the molecule is CC(C)C(=O)OCc1ccc(-c2ccc(Nc3ccc(O)c4c3C(=O)c3ccccc3C4=O)cc2)cc1. The zero-order valence-corrected chi connectivity index (χ0v) is 20.4. The molecule has 0 saturated carbocycles. The fourth-order valence-corrected chi connectivity index (χ4v) is 4.33. The van der Waals surface area contributed by atoms with E-state index in [-0.39, 0.29) is 46.9 Å². The van der Waals surface area contributed by atoms with Crippen LogP contribution in [-0.4, -0.2) is 22.6 Å². The van der Waals surface area contributed by atoms with Crippen LogP contribution in [0.4, 0.5) is 11.4 Å². The van der Waals surface area contributed by atoms with E-state index in [0.717, 1.165) is 22.4 Å². The molecule has 37 heavy (non-hydrogen) atoms. The fourth-order valence-electron chi connectivity index (χ4n) is 4.33. The van der Waals surface area contributed by atoms with Gasteiger partial charge in [-0.05, 0) is 41.0 Å². The molecule has 0 atom stereocenters. The Bertz CT molecular complexity index is 1520. The number of aromatic hydroxyl groups is 1. The van der Waals surface area contributed by atoms with Gasteiger partial charge in [0.05, 0.1) is 22.7 Å². The van der Waals surface area contributed by atoms with Crippen LogP contribution in [0.3, 0.4) is 0 Å². The first-order valence-corrected chi connectivity index (χ1v) is 12.0. The van der Waals surface area contributed by atoms with Gasteiger partial charge in [0, 0.05) is 16.8 Å². The molecule has 0 saturated heterocycles. The predicted octanol–water partition coefficient (Wildman–Crippen LogP) is 6.28. The van der Waals surface area contributed by atoms with Crippen molar-refractivity contribution in [1.29, 1.82) is 0 Å². The molecule has 1 aliphatic rings. The van der Waals surface area contributed by atoms with Crippen molar-refractivity contribution < 1.29 is 24.2 Å². The highest BCUT2D eigenvalue weighted by Gasteiger charge is 2.33. The fraction of sp³-hybridized carbons (Fsp3) is 0.129. The number of phenolic OH excluding ortho intramolecular Hbond substituents is 1. The van der Waals surface area contributed by atoms with Crippen LogP contribution in [0, 0.1) is 5.92 Å². The average Bonchev–Trinajstić information content (AvgIpc) is 2.92. The number of ketones is 2. The number of rotatable bonds is 6. The van der Waals surface area contributed by atoms with Crippen LogP contribution in [0.15, 0.2) is 84.9 Å². The summed E-state index contributed by atoms with van der Waals surface area (Å²) in [6.45, 7) is 3.84. The molecule has 6 heteroatoms. The molecule has 4 aromatic rings. The summed E-state index contributed by atoms with van der Waals surface area (Å²) >= 11 is 0. The van der Waals surface area contributed by atoms with E-state index in [0.29, 0.717) is 16.8 Å². The molecule has 6 nitrogen and oxygen atoms in total. The first-order valence-electron chi connectivity index (χ1n) is 12.0. The van der Waals surface area contributed by atoms with Crippen molar-refractivity contribution in [1.82, 2.24) is 0 Å². The first kappa shape index (κ1) is 24.0. The van der Waals surface area contributed by atoms with Crippen LogP contribution in [0.1, 0.15) is 51.3 Å². The van der Waals surface area contributed by atoms with Gasteiger partial charge in [-0.15, -0.1) is 0 Å². The first-order chi connectivity index (χ1) is 17.8. The van der Waals surface area contributed by atoms with Crippen LogP contribution in [0.25, 0.3) is 11.1 Å². The monoisotopic (exact) mass is 491 g/mol. The zero-order chi connectivity index (χ0) is 26.1. The molecule has 0 spiro atoms. The number of nitrogens with one attached hydrogen (secondary N) is 1. The Morgan fingerprint density at radius 3 is 1.95 bits per heavy atom. The Morgan fingerprint density at radius 1 is 0.784 bits per heavy atom. The summed E-state index contributed by atoms with van der Waals surface area (Å²) in [6, 6.07) is 25.1. The maximum Gasteiger partial charge on any atom is 0.308 e. The van der Waals surface area contributed by atoms with Gasteiger partial charge in [0.15, 0.2) is 11.6 Å². The second-order valence-electron chi connectivity index (χ2n) is 9.25. The van der Waals surface area contributed by atoms with Gasteiger partial charge < -0.3 is 15.2 Å². The van der Waals surface area contributed by atoms with Crippen LogP contribution in [0.5, 0.6) is 5.75 Å². The summed E-state index contributed by atoms with van der Waals surface area (Å²) in [5.74, 6) is -1.28. The van der Waals surface area contributed by atoms with Gasteiger partial charge in [-0.2, -0.15) is 0 Å². The summed E-state index contributed by atoms with van der Waals surface area (Å²) in [7, 11) is 0. The molecule has 0 aliphatic heterocycles. The van der Waals surface area contributed by atoms with Crippen molar-refractivity contribution in [3.8, 4) is 16.9 Å². The Hall–Kier alpha value is -4.71. The number of ether oxygens (including phenoxy) is 1. The van der Waals surface area contributed by atoms with E-state index in [1.54, 1.807) is 44.2 Å². The molecule has 0 bridgehead atoms. The molecule has 0 aromatic heterocycles. The second-order valence-corrected chi connectivity index (χ2v) is 9.25. The number of anilines is 2. The Labute approximate surface area is 214 Å². The van der Waals surface area contributed by atoms with Crippen molar-refractivity contribution in [2.24, 2.45) is 5.92 Å². The van der Waals surface area contributed by atoms with E-state index in [1.807, 2.05) is 48.5 Å². The third-order valence-electron chi connectivity index (χ3n) is 6.36. The minimum atomic E-state index is -0.371. The molecule has 0 unspecified atom stereocenters. The maximum absolute atomic E-state index is 13.3. The van der Waals surface area contributed by atoms with Crippen molar-refractivity contribution in [2.45, 2.75) is 20.5 Å². The largest absolute Gasteiger partial charge is 0.507 e. The van der Waals surface area contributed by atoms with E-state index < -0.39 is 0 Å². The Kier molecular flexibility index (Phi) is 6.32. The third kappa shape index (κ3) is 4.61. The van der Waals surface area contributed by atoms with Crippen molar-refractivity contribution >= 4 is 28.9 Å². The summed E-state index contributed by atoms with van der Waals surface area (Å²) in [6.07, 6.45) is 0. The van der Waals surface area contributed by atoms with Crippen LogP contribution < -0.4 is 5.32 Å². The lowest BCUT2D eigenvalue weighted by Crippen LogP contribution is -2.22. The smallest absolute Gasteiger partial charge is 0.308 e. The average molecular weight is 492 g/mol. The van der Waals surface area contributed by atoms with Gasteiger partial charge in [0.2, 0.25) is 0 Å². The number of esters is 1. The van der Waals surface area contributed by atoms with E-state index >= 15 is 0 Å². The van der Waals surface area contributed by atoms with E-state index in [4.69, 9.17) is 4.74 Å². The lowest BCUT2D eigenvalue weighted by atomic mass is 9.82. The molecule has 5 rings (SSSR count). The molecule has 184 valence electrons. The predicted molar refractivity (Wildman–Crippen MR) is 141 cm³/mol. The number of fused-ring (bicyclic) bond motifs is 2. The topological polar surface area (TPSA) is 92.7 Å². The van der Waals surface area contributed by atoms with Crippen molar-refractivity contribution in [3.63, 3.8) is 0 Å². The van der Waals surface area contributed by atoms with Crippen molar-refractivity contribution in [2.75, 3.05) is 5.32 Å². The molecular weight excluding hydrogens is 466 g/mol. The zero-order valence-electron chi connectivity index (χ0n) is 20.4. The summed E-state index contributed by atoms with van der Waals surface area (Å²) < 4.78 is 5.28. The highest BCUT2D eigenvalue weighted by molar-refractivity contribution is 6.31. The summed E-state index contributed by atoms with van der Waals surface area (Å²) in [4.78, 5) is 38.0. The third-order valence-corrected chi connectivity index (χ3v) is 6.36. The molecule has 1 aliphatic carbocycles. The van der Waals surface area contributed by atoms with Gasteiger partial charge in [0.25, 0.3) is 0 Å². The standard InChI is InChI=1S/C31H25NO5/c1-18(2)31(36)37-17-19-7-9-20(10-8-19)21-11-13-22(14-12-21)32-25-15-16-26(33)28-27(25)29(34)23-5-3-4-6-24(23)30(28)35/h3-16,18,32-33H,17H2,1-2H3. The quantitative estimate of drug-likeness (QED) is 0.215.